The molecular formula is C13H12FN3S. The molecule has 0 aliphatic heterocycles. The molecule has 0 atom stereocenters. The van der Waals surface area contributed by atoms with E-state index in [-0.39, 0.29) is 5.56 Å². The van der Waals surface area contributed by atoms with E-state index < -0.39 is 5.82 Å². The smallest absolute Gasteiger partial charge is 0.143 e. The zero-order valence-corrected chi connectivity index (χ0v) is 10.7. The van der Waals surface area contributed by atoms with Gasteiger partial charge in [-0.05, 0) is 25.1 Å². The number of hydrogen-bond donors (Lipinski definition) is 1. The van der Waals surface area contributed by atoms with Crippen molar-refractivity contribution in [3.63, 3.8) is 0 Å². The first-order valence-electron chi connectivity index (χ1n) is 5.53. The summed E-state index contributed by atoms with van der Waals surface area (Å²) in [5.74, 6) is -0.494. The molecular weight excluding hydrogens is 249 g/mol. The molecule has 0 aliphatic carbocycles. The summed E-state index contributed by atoms with van der Waals surface area (Å²) in [7, 11) is 0. The maximum Gasteiger partial charge on any atom is 0.143 e. The van der Waals surface area contributed by atoms with Crippen molar-refractivity contribution in [2.75, 3.05) is 11.9 Å². The molecule has 0 saturated heterocycles. The van der Waals surface area contributed by atoms with Crippen LogP contribution in [0.25, 0.3) is 0 Å². The molecule has 1 aromatic heterocycles. The van der Waals surface area contributed by atoms with Crippen molar-refractivity contribution >= 4 is 17.0 Å². The fraction of sp³-hybridized carbons (Fsp3) is 0.231. The number of rotatable bonds is 4. The second-order valence-electron chi connectivity index (χ2n) is 3.84. The highest BCUT2D eigenvalue weighted by Gasteiger charge is 2.03. The monoisotopic (exact) mass is 261 g/mol. The Morgan fingerprint density at radius 3 is 2.94 bits per heavy atom. The quantitative estimate of drug-likeness (QED) is 0.920. The topological polar surface area (TPSA) is 48.7 Å². The Morgan fingerprint density at radius 2 is 2.33 bits per heavy atom. The highest BCUT2D eigenvalue weighted by Crippen LogP contribution is 2.14. The second kappa shape index (κ2) is 5.61. The number of anilines is 1. The molecule has 92 valence electrons. The molecule has 0 fully saturated rings. The molecule has 5 heteroatoms. The van der Waals surface area contributed by atoms with Gasteiger partial charge in [-0.15, -0.1) is 11.3 Å². The highest BCUT2D eigenvalue weighted by molar-refractivity contribution is 7.09. The van der Waals surface area contributed by atoms with Gasteiger partial charge in [-0.2, -0.15) is 5.26 Å². The van der Waals surface area contributed by atoms with Crippen LogP contribution < -0.4 is 5.32 Å². The first-order valence-corrected chi connectivity index (χ1v) is 6.41. The number of hydrogen-bond acceptors (Lipinski definition) is 4. The molecule has 0 aliphatic rings. The van der Waals surface area contributed by atoms with Crippen molar-refractivity contribution in [2.45, 2.75) is 13.3 Å². The molecule has 0 saturated carbocycles. The van der Waals surface area contributed by atoms with Crippen LogP contribution in [0.2, 0.25) is 0 Å². The standard InChI is InChI=1S/C13H12FN3S/c1-9-17-12(8-18-9)4-5-16-11-3-2-10(7-15)13(14)6-11/h2-3,6,8,16H,4-5H2,1H3. The fourth-order valence-corrected chi connectivity index (χ4v) is 2.22. The lowest BCUT2D eigenvalue weighted by molar-refractivity contribution is 0.624. The molecule has 18 heavy (non-hydrogen) atoms. The van der Waals surface area contributed by atoms with Crippen LogP contribution in [0.4, 0.5) is 10.1 Å². The maximum atomic E-state index is 13.3. The van der Waals surface area contributed by atoms with Gasteiger partial charge in [-0.3, -0.25) is 0 Å². The summed E-state index contributed by atoms with van der Waals surface area (Å²) in [4.78, 5) is 4.35. The van der Waals surface area contributed by atoms with Gasteiger partial charge in [-0.25, -0.2) is 9.37 Å². The van der Waals surface area contributed by atoms with Crippen LogP contribution in [0.5, 0.6) is 0 Å². The lowest BCUT2D eigenvalue weighted by Crippen LogP contribution is -2.05. The van der Waals surface area contributed by atoms with E-state index in [1.54, 1.807) is 23.5 Å². The number of nitrogens with one attached hydrogen (secondary N) is 1. The average Bonchev–Trinajstić information content (AvgIpc) is 2.75. The summed E-state index contributed by atoms with van der Waals surface area (Å²) < 4.78 is 13.3. The van der Waals surface area contributed by atoms with Crippen molar-refractivity contribution in [2.24, 2.45) is 0 Å². The number of nitriles is 1. The molecule has 1 aromatic carbocycles. The van der Waals surface area contributed by atoms with Crippen molar-refractivity contribution in [1.29, 1.82) is 5.26 Å². The normalized spacial score (nSPS) is 10.1. The minimum Gasteiger partial charge on any atom is -0.385 e. The van der Waals surface area contributed by atoms with Crippen LogP contribution in [0.1, 0.15) is 16.3 Å². The molecule has 2 aromatic rings. The van der Waals surface area contributed by atoms with Crippen LogP contribution in [0, 0.1) is 24.1 Å². The maximum absolute atomic E-state index is 13.3. The summed E-state index contributed by atoms with van der Waals surface area (Å²) in [5.41, 5.74) is 1.79. The van der Waals surface area contributed by atoms with Gasteiger partial charge in [0.25, 0.3) is 0 Å². The minimum absolute atomic E-state index is 0.0654. The second-order valence-corrected chi connectivity index (χ2v) is 4.90. The molecule has 1 N–H and O–H groups in total. The summed E-state index contributed by atoms with van der Waals surface area (Å²) in [6, 6.07) is 6.31. The Morgan fingerprint density at radius 1 is 1.50 bits per heavy atom. The van der Waals surface area contributed by atoms with E-state index in [4.69, 9.17) is 5.26 Å². The largest absolute Gasteiger partial charge is 0.385 e. The van der Waals surface area contributed by atoms with Gasteiger partial charge in [0.1, 0.15) is 11.9 Å². The third-order valence-corrected chi connectivity index (χ3v) is 3.29. The van der Waals surface area contributed by atoms with Gasteiger partial charge >= 0.3 is 0 Å². The molecule has 0 amide bonds. The molecule has 3 nitrogen and oxygen atoms in total. The average molecular weight is 261 g/mol. The first-order chi connectivity index (χ1) is 8.69. The molecule has 2 rings (SSSR count). The Hall–Kier alpha value is -1.93. The van der Waals surface area contributed by atoms with E-state index in [9.17, 15) is 4.39 Å². The van der Waals surface area contributed by atoms with Gasteiger partial charge < -0.3 is 5.32 Å². The number of aryl methyl sites for hydroxylation is 1. The van der Waals surface area contributed by atoms with E-state index >= 15 is 0 Å². The minimum atomic E-state index is -0.494. The molecule has 0 spiro atoms. The van der Waals surface area contributed by atoms with Crippen LogP contribution in [-0.4, -0.2) is 11.5 Å². The van der Waals surface area contributed by atoms with Gasteiger partial charge in [0.2, 0.25) is 0 Å². The lowest BCUT2D eigenvalue weighted by atomic mass is 10.2. The van der Waals surface area contributed by atoms with Crippen LogP contribution >= 0.6 is 11.3 Å². The Balaban J connectivity index is 1.91. The Labute approximate surface area is 109 Å². The van der Waals surface area contributed by atoms with Crippen molar-refractivity contribution in [3.05, 3.63) is 45.7 Å². The number of nitrogens with zero attached hydrogens (tertiary/aromatic N) is 2. The van der Waals surface area contributed by atoms with Gasteiger partial charge in [0, 0.05) is 24.0 Å². The lowest BCUT2D eigenvalue weighted by Gasteiger charge is -2.05. The zero-order chi connectivity index (χ0) is 13.0. The third-order valence-electron chi connectivity index (χ3n) is 2.47. The number of benzene rings is 1. The van der Waals surface area contributed by atoms with Gasteiger partial charge in [0.05, 0.1) is 16.3 Å². The predicted octanol–water partition coefficient (Wildman–Crippen LogP) is 3.12. The number of aromatic nitrogens is 1. The van der Waals surface area contributed by atoms with E-state index in [0.29, 0.717) is 12.2 Å². The van der Waals surface area contributed by atoms with Crippen molar-refractivity contribution < 1.29 is 4.39 Å². The van der Waals surface area contributed by atoms with Gasteiger partial charge in [0.15, 0.2) is 0 Å². The molecule has 0 unspecified atom stereocenters. The van der Waals surface area contributed by atoms with Crippen molar-refractivity contribution in [3.8, 4) is 6.07 Å². The molecule has 0 radical (unpaired) electrons. The Kier molecular flexibility index (Phi) is 3.90. The zero-order valence-electron chi connectivity index (χ0n) is 9.90. The molecule has 1 heterocycles. The SMILES string of the molecule is Cc1nc(CCNc2ccc(C#N)c(F)c2)cs1. The van der Waals surface area contributed by atoms with Crippen LogP contribution in [-0.2, 0) is 6.42 Å². The van der Waals surface area contributed by atoms with Gasteiger partial charge in [-0.1, -0.05) is 0 Å². The first kappa shape index (κ1) is 12.5. The summed E-state index contributed by atoms with van der Waals surface area (Å²) in [5, 5.41) is 14.8. The van der Waals surface area contributed by atoms with E-state index in [1.165, 1.54) is 12.1 Å². The van der Waals surface area contributed by atoms with E-state index in [0.717, 1.165) is 17.1 Å². The summed E-state index contributed by atoms with van der Waals surface area (Å²) in [6.07, 6.45) is 0.798. The predicted molar refractivity (Wildman–Crippen MR) is 70.2 cm³/mol. The summed E-state index contributed by atoms with van der Waals surface area (Å²) in [6.45, 7) is 2.66. The third kappa shape index (κ3) is 3.05. The van der Waals surface area contributed by atoms with Crippen LogP contribution in [0.3, 0.4) is 0 Å². The van der Waals surface area contributed by atoms with Crippen molar-refractivity contribution in [1.82, 2.24) is 4.98 Å². The summed E-state index contributed by atoms with van der Waals surface area (Å²) >= 11 is 1.62. The van der Waals surface area contributed by atoms with E-state index in [1.807, 2.05) is 12.3 Å². The number of thiazole rings is 1. The Bertz CT molecular complexity index is 586. The number of halogens is 1. The molecule has 0 bridgehead atoms. The highest BCUT2D eigenvalue weighted by atomic mass is 32.1. The van der Waals surface area contributed by atoms with Crippen LogP contribution in [0.15, 0.2) is 23.6 Å². The fourth-order valence-electron chi connectivity index (χ4n) is 1.57. The van der Waals surface area contributed by atoms with E-state index in [2.05, 4.69) is 10.3 Å².